The first kappa shape index (κ1) is 15.6. The largest absolute Gasteiger partial charge is 0.478 e. The Morgan fingerprint density at radius 3 is 2.38 bits per heavy atom. The maximum absolute atomic E-state index is 12.0. The predicted molar refractivity (Wildman–Crippen MR) is 77.7 cm³/mol. The van der Waals surface area contributed by atoms with Crippen LogP contribution in [0.5, 0.6) is 0 Å². The van der Waals surface area contributed by atoms with Crippen molar-refractivity contribution in [3.63, 3.8) is 0 Å². The summed E-state index contributed by atoms with van der Waals surface area (Å²) in [5.74, 6) is -1.27. The van der Waals surface area contributed by atoms with Gasteiger partial charge in [0.25, 0.3) is 0 Å². The third-order valence-electron chi connectivity index (χ3n) is 3.08. The van der Waals surface area contributed by atoms with Crippen LogP contribution in [0.3, 0.4) is 0 Å². The molecular formula is C12H13ClN2O5S. The van der Waals surface area contributed by atoms with Gasteiger partial charge in [-0.3, -0.25) is 0 Å². The maximum atomic E-state index is 12.0. The van der Waals surface area contributed by atoms with Crippen LogP contribution in [0, 0.1) is 0 Å². The number of aromatic carboxylic acids is 1. The number of benzene rings is 1. The first-order valence-corrected chi connectivity index (χ1v) is 8.27. The van der Waals surface area contributed by atoms with Crippen LogP contribution in [0.4, 0.5) is 10.5 Å². The summed E-state index contributed by atoms with van der Waals surface area (Å²) in [6.45, 7) is 0.268. The van der Waals surface area contributed by atoms with Crippen molar-refractivity contribution >= 4 is 39.1 Å². The molecule has 1 aliphatic heterocycles. The topological polar surface area (TPSA) is 104 Å². The van der Waals surface area contributed by atoms with Gasteiger partial charge in [-0.15, -0.1) is 0 Å². The van der Waals surface area contributed by atoms with Crippen molar-refractivity contribution in [3.8, 4) is 0 Å². The Kier molecular flexibility index (Phi) is 4.38. The highest BCUT2D eigenvalue weighted by atomic mass is 35.5. The summed E-state index contributed by atoms with van der Waals surface area (Å²) in [7, 11) is -3.05. The molecule has 0 atom stereocenters. The van der Waals surface area contributed by atoms with E-state index in [1.54, 1.807) is 0 Å². The van der Waals surface area contributed by atoms with Gasteiger partial charge in [0.15, 0.2) is 9.84 Å². The Morgan fingerprint density at radius 1 is 1.24 bits per heavy atom. The number of nitrogens with one attached hydrogen (secondary N) is 1. The Morgan fingerprint density at radius 2 is 1.86 bits per heavy atom. The zero-order chi connectivity index (χ0) is 15.6. The van der Waals surface area contributed by atoms with Crippen molar-refractivity contribution in [3.05, 3.63) is 28.8 Å². The van der Waals surface area contributed by atoms with E-state index in [4.69, 9.17) is 16.7 Å². The molecular weight excluding hydrogens is 320 g/mol. The zero-order valence-corrected chi connectivity index (χ0v) is 12.4. The van der Waals surface area contributed by atoms with E-state index in [1.807, 2.05) is 0 Å². The number of halogens is 1. The summed E-state index contributed by atoms with van der Waals surface area (Å²) < 4.78 is 22.6. The first-order chi connectivity index (χ1) is 9.78. The molecule has 0 spiro atoms. The second-order valence-corrected chi connectivity index (χ2v) is 7.28. The lowest BCUT2D eigenvalue weighted by atomic mass is 10.2. The standard InChI is InChI=1S/C12H13ClN2O5S/c13-10-7-8(1-2-9(10)11(16)17)14-12(18)15-3-5-21(19,20)6-4-15/h1-2,7H,3-6H2,(H,14,18)(H,16,17). The van der Waals surface area contributed by atoms with E-state index in [-0.39, 0.29) is 35.2 Å². The molecule has 0 bridgehead atoms. The molecule has 1 saturated heterocycles. The number of carbonyl (C=O) groups is 2. The van der Waals surface area contributed by atoms with Gasteiger partial charge in [0.2, 0.25) is 0 Å². The molecule has 7 nitrogen and oxygen atoms in total. The third kappa shape index (κ3) is 3.85. The van der Waals surface area contributed by atoms with E-state index in [0.29, 0.717) is 5.69 Å². The number of sulfone groups is 1. The summed E-state index contributed by atoms with van der Waals surface area (Å²) in [5.41, 5.74) is 0.294. The SMILES string of the molecule is O=C(O)c1ccc(NC(=O)N2CCS(=O)(=O)CC2)cc1Cl. The molecule has 114 valence electrons. The molecule has 2 amide bonds. The van der Waals surface area contributed by atoms with Crippen LogP contribution in [0.2, 0.25) is 5.02 Å². The quantitative estimate of drug-likeness (QED) is 0.849. The summed E-state index contributed by atoms with van der Waals surface area (Å²) in [6, 6.07) is 3.61. The highest BCUT2D eigenvalue weighted by Crippen LogP contribution is 2.21. The molecule has 0 saturated carbocycles. The number of hydrogen-bond donors (Lipinski definition) is 2. The number of carboxylic acid groups (broad SMARTS) is 1. The fourth-order valence-corrected chi connectivity index (χ4v) is 3.35. The predicted octanol–water partition coefficient (Wildman–Crippen LogP) is 1.30. The smallest absolute Gasteiger partial charge is 0.337 e. The minimum absolute atomic E-state index is 0.0153. The van der Waals surface area contributed by atoms with Crippen molar-refractivity contribution in [2.45, 2.75) is 0 Å². The van der Waals surface area contributed by atoms with Crippen LogP contribution in [0.25, 0.3) is 0 Å². The van der Waals surface area contributed by atoms with Gasteiger partial charge in [0.1, 0.15) is 0 Å². The van der Waals surface area contributed by atoms with Gasteiger partial charge < -0.3 is 15.3 Å². The van der Waals surface area contributed by atoms with Gasteiger partial charge in [-0.2, -0.15) is 0 Å². The number of amides is 2. The number of carbonyl (C=O) groups excluding carboxylic acids is 1. The van der Waals surface area contributed by atoms with Gasteiger partial charge in [0, 0.05) is 18.8 Å². The van der Waals surface area contributed by atoms with E-state index in [0.717, 1.165) is 0 Å². The highest BCUT2D eigenvalue weighted by Gasteiger charge is 2.25. The van der Waals surface area contributed by atoms with Crippen LogP contribution < -0.4 is 5.32 Å². The average molecular weight is 333 g/mol. The fourth-order valence-electron chi connectivity index (χ4n) is 1.88. The Labute approximate surface area is 126 Å². The molecule has 1 aliphatic rings. The molecule has 1 aromatic rings. The Hall–Kier alpha value is -1.80. The summed E-state index contributed by atoms with van der Waals surface area (Å²) >= 11 is 5.81. The van der Waals surface area contributed by atoms with Crippen molar-refractivity contribution < 1.29 is 23.1 Å². The summed E-state index contributed by atoms with van der Waals surface area (Å²) in [6.07, 6.45) is 0. The van der Waals surface area contributed by atoms with E-state index in [1.165, 1.54) is 23.1 Å². The van der Waals surface area contributed by atoms with Crippen LogP contribution in [-0.4, -0.2) is 55.0 Å². The second kappa shape index (κ2) is 5.90. The highest BCUT2D eigenvalue weighted by molar-refractivity contribution is 7.91. The van der Waals surface area contributed by atoms with Gasteiger partial charge in [0.05, 0.1) is 22.1 Å². The van der Waals surface area contributed by atoms with Crippen molar-refractivity contribution in [2.75, 3.05) is 29.9 Å². The lowest BCUT2D eigenvalue weighted by Gasteiger charge is -2.26. The molecule has 0 aromatic heterocycles. The number of carboxylic acids is 1. The normalized spacial score (nSPS) is 17.3. The van der Waals surface area contributed by atoms with Gasteiger partial charge in [-0.1, -0.05) is 11.6 Å². The van der Waals surface area contributed by atoms with Crippen molar-refractivity contribution in [1.82, 2.24) is 4.90 Å². The zero-order valence-electron chi connectivity index (χ0n) is 10.9. The molecule has 0 aliphatic carbocycles. The molecule has 0 unspecified atom stereocenters. The van der Waals surface area contributed by atoms with Crippen LogP contribution in [0.1, 0.15) is 10.4 Å². The summed E-state index contributed by atoms with van der Waals surface area (Å²) in [4.78, 5) is 24.2. The van der Waals surface area contributed by atoms with Crippen molar-refractivity contribution in [1.29, 1.82) is 0 Å². The molecule has 1 heterocycles. The monoisotopic (exact) mass is 332 g/mol. The first-order valence-electron chi connectivity index (χ1n) is 6.08. The fraction of sp³-hybridized carbons (Fsp3) is 0.333. The van der Waals surface area contributed by atoms with Crippen LogP contribution in [-0.2, 0) is 9.84 Å². The third-order valence-corrected chi connectivity index (χ3v) is 5.00. The maximum Gasteiger partial charge on any atom is 0.337 e. The molecule has 2 N–H and O–H groups in total. The van der Waals surface area contributed by atoms with E-state index in [9.17, 15) is 18.0 Å². The van der Waals surface area contributed by atoms with Crippen LogP contribution in [0.15, 0.2) is 18.2 Å². The Bertz CT molecular complexity index is 675. The molecule has 2 rings (SSSR count). The summed E-state index contributed by atoms with van der Waals surface area (Å²) in [5, 5.41) is 11.4. The second-order valence-electron chi connectivity index (χ2n) is 4.57. The van der Waals surface area contributed by atoms with Crippen molar-refractivity contribution in [2.24, 2.45) is 0 Å². The molecule has 9 heteroatoms. The molecule has 1 fully saturated rings. The van der Waals surface area contributed by atoms with E-state index in [2.05, 4.69) is 5.32 Å². The number of hydrogen-bond acceptors (Lipinski definition) is 4. The van der Waals surface area contributed by atoms with E-state index < -0.39 is 21.8 Å². The van der Waals surface area contributed by atoms with E-state index >= 15 is 0 Å². The number of rotatable bonds is 2. The minimum atomic E-state index is -3.05. The molecule has 1 aromatic carbocycles. The lowest BCUT2D eigenvalue weighted by molar-refractivity contribution is 0.0697. The number of anilines is 1. The molecule has 21 heavy (non-hydrogen) atoms. The number of nitrogens with zero attached hydrogens (tertiary/aromatic N) is 1. The number of urea groups is 1. The average Bonchev–Trinajstić information content (AvgIpc) is 2.38. The Balaban J connectivity index is 2.03. The molecule has 0 radical (unpaired) electrons. The lowest BCUT2D eigenvalue weighted by Crippen LogP contribution is -2.45. The van der Waals surface area contributed by atoms with Gasteiger partial charge in [-0.05, 0) is 18.2 Å². The minimum Gasteiger partial charge on any atom is -0.478 e. The van der Waals surface area contributed by atoms with Gasteiger partial charge in [-0.25, -0.2) is 18.0 Å². The van der Waals surface area contributed by atoms with Gasteiger partial charge >= 0.3 is 12.0 Å². The van der Waals surface area contributed by atoms with Crippen LogP contribution >= 0.6 is 11.6 Å².